The van der Waals surface area contributed by atoms with Crippen molar-refractivity contribution in [2.45, 2.75) is 6.92 Å². The number of carbonyl (C=O) groups excluding carboxylic acids is 1. The fraction of sp³-hybridized carbons (Fsp3) is 0.0714. The van der Waals surface area contributed by atoms with Crippen LogP contribution in [0.15, 0.2) is 36.4 Å². The third kappa shape index (κ3) is 2.80. The molecule has 20 heavy (non-hydrogen) atoms. The van der Waals surface area contributed by atoms with E-state index in [1.54, 1.807) is 6.92 Å². The molecule has 0 saturated carbocycles. The monoisotopic (exact) mass is 275 g/mol. The quantitative estimate of drug-likeness (QED) is 0.485. The summed E-state index contributed by atoms with van der Waals surface area (Å²) in [6.07, 6.45) is 0.531. The van der Waals surface area contributed by atoms with Crippen LogP contribution in [-0.4, -0.2) is 11.2 Å². The van der Waals surface area contributed by atoms with Crippen molar-refractivity contribution in [3.8, 4) is 11.5 Å². The van der Waals surface area contributed by atoms with Crippen LogP contribution < -0.4 is 4.74 Å². The van der Waals surface area contributed by atoms with Gasteiger partial charge in [0.1, 0.15) is 12.0 Å². The summed E-state index contributed by atoms with van der Waals surface area (Å²) in [6, 6.07) is 7.94. The molecule has 0 aliphatic rings. The van der Waals surface area contributed by atoms with Crippen LogP contribution in [0.5, 0.6) is 11.5 Å². The molecule has 2 aromatic rings. The summed E-state index contributed by atoms with van der Waals surface area (Å²) < 4.78 is 18.9. The number of hydrogen-bond donors (Lipinski definition) is 0. The Labute approximate surface area is 113 Å². The Bertz CT molecular complexity index is 685. The van der Waals surface area contributed by atoms with Gasteiger partial charge in [-0.25, -0.2) is 4.39 Å². The Morgan fingerprint density at radius 2 is 2.00 bits per heavy atom. The van der Waals surface area contributed by atoms with Crippen molar-refractivity contribution in [2.24, 2.45) is 0 Å². The van der Waals surface area contributed by atoms with E-state index in [0.717, 1.165) is 6.07 Å². The van der Waals surface area contributed by atoms with E-state index >= 15 is 0 Å². The Balaban J connectivity index is 2.28. The number of nitro benzene ring substituents is 1. The summed E-state index contributed by atoms with van der Waals surface area (Å²) in [5.74, 6) is -0.444. The molecular formula is C14H10FNO4. The van der Waals surface area contributed by atoms with E-state index in [-0.39, 0.29) is 22.7 Å². The molecule has 0 unspecified atom stereocenters. The van der Waals surface area contributed by atoms with Crippen LogP contribution in [0.25, 0.3) is 0 Å². The van der Waals surface area contributed by atoms with Crippen molar-refractivity contribution in [1.82, 2.24) is 0 Å². The summed E-state index contributed by atoms with van der Waals surface area (Å²) in [4.78, 5) is 20.7. The molecule has 102 valence electrons. The van der Waals surface area contributed by atoms with Gasteiger partial charge in [0.2, 0.25) is 0 Å². The number of nitro groups is 1. The molecule has 0 saturated heterocycles. The van der Waals surface area contributed by atoms with Crippen molar-refractivity contribution in [1.29, 1.82) is 0 Å². The first-order valence-corrected chi connectivity index (χ1v) is 5.69. The summed E-state index contributed by atoms with van der Waals surface area (Å²) >= 11 is 0. The molecule has 2 aromatic carbocycles. The maximum Gasteiger partial charge on any atom is 0.272 e. The molecule has 0 amide bonds. The maximum absolute atomic E-state index is 13.6. The average Bonchev–Trinajstić information content (AvgIpc) is 2.40. The first-order chi connectivity index (χ1) is 9.51. The van der Waals surface area contributed by atoms with Gasteiger partial charge in [0.05, 0.1) is 4.92 Å². The van der Waals surface area contributed by atoms with E-state index in [0.29, 0.717) is 11.8 Å². The second kappa shape index (κ2) is 5.48. The van der Waals surface area contributed by atoms with Gasteiger partial charge in [0.15, 0.2) is 11.6 Å². The fourth-order valence-corrected chi connectivity index (χ4v) is 1.70. The lowest BCUT2D eigenvalue weighted by Gasteiger charge is -2.08. The molecule has 0 heterocycles. The van der Waals surface area contributed by atoms with Crippen LogP contribution in [0.4, 0.5) is 10.1 Å². The zero-order chi connectivity index (χ0) is 14.7. The molecule has 0 bridgehead atoms. The highest BCUT2D eigenvalue weighted by Gasteiger charge is 2.12. The zero-order valence-corrected chi connectivity index (χ0v) is 10.5. The number of hydrogen-bond acceptors (Lipinski definition) is 4. The van der Waals surface area contributed by atoms with Crippen LogP contribution in [0.3, 0.4) is 0 Å². The van der Waals surface area contributed by atoms with Gasteiger partial charge in [-0.05, 0) is 37.3 Å². The topological polar surface area (TPSA) is 69.4 Å². The van der Waals surface area contributed by atoms with E-state index in [2.05, 4.69) is 0 Å². The second-order valence-electron chi connectivity index (χ2n) is 4.12. The van der Waals surface area contributed by atoms with Gasteiger partial charge in [-0.15, -0.1) is 0 Å². The Morgan fingerprint density at radius 3 is 2.55 bits per heavy atom. The van der Waals surface area contributed by atoms with Crippen molar-refractivity contribution >= 4 is 12.0 Å². The average molecular weight is 275 g/mol. The molecule has 0 spiro atoms. The fourth-order valence-electron chi connectivity index (χ4n) is 1.70. The minimum atomic E-state index is -0.675. The molecule has 6 heteroatoms. The smallest absolute Gasteiger partial charge is 0.272 e. The lowest BCUT2D eigenvalue weighted by molar-refractivity contribution is -0.385. The molecule has 0 aliphatic heterocycles. The van der Waals surface area contributed by atoms with Gasteiger partial charge in [0.25, 0.3) is 5.69 Å². The number of aldehydes is 1. The van der Waals surface area contributed by atoms with Gasteiger partial charge >= 0.3 is 0 Å². The highest BCUT2D eigenvalue weighted by molar-refractivity contribution is 5.75. The van der Waals surface area contributed by atoms with Crippen molar-refractivity contribution < 1.29 is 18.8 Å². The van der Waals surface area contributed by atoms with Crippen molar-refractivity contribution in [3.05, 3.63) is 63.5 Å². The summed E-state index contributed by atoms with van der Waals surface area (Å²) in [5, 5.41) is 10.7. The van der Waals surface area contributed by atoms with E-state index in [1.165, 1.54) is 30.3 Å². The van der Waals surface area contributed by atoms with Crippen LogP contribution in [-0.2, 0) is 0 Å². The largest absolute Gasteiger partial charge is 0.454 e. The van der Waals surface area contributed by atoms with Crippen molar-refractivity contribution in [2.75, 3.05) is 0 Å². The number of nitrogens with zero attached hydrogens (tertiary/aromatic N) is 1. The van der Waals surface area contributed by atoms with Crippen LogP contribution in [0.2, 0.25) is 0 Å². The van der Waals surface area contributed by atoms with Gasteiger partial charge in [-0.2, -0.15) is 0 Å². The Hall–Kier alpha value is -2.76. The molecule has 0 fully saturated rings. The van der Waals surface area contributed by atoms with Crippen LogP contribution in [0, 0.1) is 22.9 Å². The number of carbonyl (C=O) groups is 1. The maximum atomic E-state index is 13.6. The van der Waals surface area contributed by atoms with Gasteiger partial charge < -0.3 is 4.74 Å². The third-order valence-electron chi connectivity index (χ3n) is 2.68. The SMILES string of the molecule is Cc1cc(Oc2ccc(C=O)cc2F)ccc1[N+](=O)[O-]. The second-order valence-corrected chi connectivity index (χ2v) is 4.12. The number of aryl methyl sites for hydroxylation is 1. The first-order valence-electron chi connectivity index (χ1n) is 5.69. The summed E-state index contributed by atoms with van der Waals surface area (Å²) in [6.45, 7) is 1.57. The van der Waals surface area contributed by atoms with E-state index in [9.17, 15) is 19.3 Å². The van der Waals surface area contributed by atoms with Crippen LogP contribution >= 0.6 is 0 Å². The highest BCUT2D eigenvalue weighted by atomic mass is 19.1. The Kier molecular flexibility index (Phi) is 3.74. The highest BCUT2D eigenvalue weighted by Crippen LogP contribution is 2.28. The minimum absolute atomic E-state index is 0.0332. The summed E-state index contributed by atoms with van der Waals surface area (Å²) in [5.41, 5.74) is 0.585. The van der Waals surface area contributed by atoms with Crippen molar-refractivity contribution in [3.63, 3.8) is 0 Å². The molecule has 0 aliphatic carbocycles. The van der Waals surface area contributed by atoms with E-state index in [4.69, 9.17) is 4.74 Å². The predicted octanol–water partition coefficient (Wildman–Crippen LogP) is 3.65. The standard InChI is InChI=1S/C14H10FNO4/c1-9-6-11(3-4-13(9)16(18)19)20-14-5-2-10(8-17)7-12(14)15/h2-8H,1H3. The zero-order valence-electron chi connectivity index (χ0n) is 10.5. The van der Waals surface area contributed by atoms with Crippen LogP contribution in [0.1, 0.15) is 15.9 Å². The molecule has 0 atom stereocenters. The number of ether oxygens (including phenoxy) is 1. The molecule has 5 nitrogen and oxygen atoms in total. The number of halogens is 1. The lowest BCUT2D eigenvalue weighted by atomic mass is 10.2. The molecule has 0 radical (unpaired) electrons. The normalized spacial score (nSPS) is 10.1. The molecule has 0 aromatic heterocycles. The first kappa shape index (κ1) is 13.7. The predicted molar refractivity (Wildman–Crippen MR) is 69.7 cm³/mol. The van der Waals surface area contributed by atoms with Gasteiger partial charge in [-0.3, -0.25) is 14.9 Å². The van der Waals surface area contributed by atoms with Gasteiger partial charge in [-0.1, -0.05) is 0 Å². The third-order valence-corrected chi connectivity index (χ3v) is 2.68. The number of rotatable bonds is 4. The lowest BCUT2D eigenvalue weighted by Crippen LogP contribution is -1.94. The minimum Gasteiger partial charge on any atom is -0.454 e. The Morgan fingerprint density at radius 1 is 1.25 bits per heavy atom. The summed E-state index contributed by atoms with van der Waals surface area (Å²) in [7, 11) is 0. The molecule has 0 N–H and O–H groups in total. The molecule has 2 rings (SSSR count). The van der Waals surface area contributed by atoms with Gasteiger partial charge in [0, 0.05) is 17.2 Å². The van der Waals surface area contributed by atoms with E-state index < -0.39 is 10.7 Å². The number of benzene rings is 2. The van der Waals surface area contributed by atoms with E-state index in [1.807, 2.05) is 0 Å². The molecular weight excluding hydrogens is 265 g/mol.